The van der Waals surface area contributed by atoms with E-state index in [1.165, 1.54) is 6.07 Å². The van der Waals surface area contributed by atoms with Gasteiger partial charge in [-0.05, 0) is 29.2 Å². The highest BCUT2D eigenvalue weighted by Crippen LogP contribution is 2.34. The molecule has 35 heavy (non-hydrogen) atoms. The number of benzene rings is 2. The van der Waals surface area contributed by atoms with E-state index < -0.39 is 15.8 Å². The zero-order valence-corrected chi connectivity index (χ0v) is 21.8. The molecule has 2 heterocycles. The fourth-order valence-electron chi connectivity index (χ4n) is 3.96. The van der Waals surface area contributed by atoms with E-state index in [0.717, 1.165) is 37.8 Å². The van der Waals surface area contributed by atoms with Crippen LogP contribution < -0.4 is 10.0 Å². The zero-order valence-electron chi connectivity index (χ0n) is 20.3. The molecule has 0 bridgehead atoms. The van der Waals surface area contributed by atoms with E-state index in [2.05, 4.69) is 45.9 Å². The summed E-state index contributed by atoms with van der Waals surface area (Å²) in [6.07, 6.45) is 0. The van der Waals surface area contributed by atoms with Gasteiger partial charge in [-0.25, -0.2) is 12.8 Å². The number of rotatable bonds is 6. The Bertz CT molecular complexity index is 1310. The molecule has 11 heteroatoms. The Morgan fingerprint density at radius 1 is 1.11 bits per heavy atom. The Kier molecular flexibility index (Phi) is 7.19. The molecule has 0 saturated carbocycles. The Labute approximate surface area is 210 Å². The normalized spacial score (nSPS) is 15.4. The molecule has 0 spiro atoms. The maximum Gasteiger partial charge on any atom is 0.261 e. The molecule has 1 aliphatic heterocycles. The first-order valence-corrected chi connectivity index (χ1v) is 13.3. The SMILES string of the molecule is Cn1c(CN2CCNCC2)nnc1-c1cc(Cl)c(F)cc1NS(=O)(=O)c1ccc(C(C)(C)C)cc1. The third-order valence-electron chi connectivity index (χ3n) is 6.12. The van der Waals surface area contributed by atoms with Gasteiger partial charge < -0.3 is 9.88 Å². The Balaban J connectivity index is 1.67. The van der Waals surface area contributed by atoms with Gasteiger partial charge in [-0.1, -0.05) is 44.5 Å². The molecule has 2 aromatic carbocycles. The van der Waals surface area contributed by atoms with Crippen LogP contribution in [0.25, 0.3) is 11.4 Å². The van der Waals surface area contributed by atoms with Gasteiger partial charge in [0.25, 0.3) is 10.0 Å². The molecule has 0 radical (unpaired) electrons. The third-order valence-corrected chi connectivity index (χ3v) is 7.79. The molecule has 8 nitrogen and oxygen atoms in total. The molecule has 2 N–H and O–H groups in total. The van der Waals surface area contributed by atoms with Crippen LogP contribution in [-0.4, -0.2) is 54.3 Å². The molecular formula is C24H30ClFN6O2S. The highest BCUT2D eigenvalue weighted by Gasteiger charge is 2.23. The van der Waals surface area contributed by atoms with Crippen LogP contribution in [0.4, 0.5) is 10.1 Å². The van der Waals surface area contributed by atoms with Gasteiger partial charge in [-0.15, -0.1) is 10.2 Å². The lowest BCUT2D eigenvalue weighted by molar-refractivity contribution is 0.226. The summed E-state index contributed by atoms with van der Waals surface area (Å²) in [5, 5.41) is 11.8. The second kappa shape index (κ2) is 9.85. The van der Waals surface area contributed by atoms with Crippen LogP contribution >= 0.6 is 11.6 Å². The van der Waals surface area contributed by atoms with Crippen LogP contribution in [0.3, 0.4) is 0 Å². The number of halogens is 2. The van der Waals surface area contributed by atoms with Gasteiger partial charge in [-0.2, -0.15) is 0 Å². The van der Waals surface area contributed by atoms with Crippen molar-refractivity contribution in [3.05, 3.63) is 58.6 Å². The van der Waals surface area contributed by atoms with Crippen molar-refractivity contribution in [1.29, 1.82) is 0 Å². The molecule has 1 fully saturated rings. The van der Waals surface area contributed by atoms with E-state index in [9.17, 15) is 12.8 Å². The van der Waals surface area contributed by atoms with Gasteiger partial charge in [-0.3, -0.25) is 9.62 Å². The summed E-state index contributed by atoms with van der Waals surface area (Å²) in [6.45, 7) is 10.3. The first kappa shape index (κ1) is 25.6. The van der Waals surface area contributed by atoms with E-state index in [-0.39, 0.29) is 21.0 Å². The topological polar surface area (TPSA) is 92.2 Å². The molecule has 0 unspecified atom stereocenters. The predicted octanol–water partition coefficient (Wildman–Crippen LogP) is 3.78. The average molecular weight is 521 g/mol. The van der Waals surface area contributed by atoms with Crippen LogP contribution in [0.15, 0.2) is 41.3 Å². The molecule has 1 saturated heterocycles. The lowest BCUT2D eigenvalue weighted by atomic mass is 9.87. The minimum Gasteiger partial charge on any atom is -0.314 e. The molecule has 0 atom stereocenters. The monoisotopic (exact) mass is 520 g/mol. The van der Waals surface area contributed by atoms with E-state index in [0.29, 0.717) is 23.8 Å². The van der Waals surface area contributed by atoms with Gasteiger partial charge in [0.05, 0.1) is 22.2 Å². The summed E-state index contributed by atoms with van der Waals surface area (Å²) in [5.41, 5.74) is 1.27. The number of nitrogens with zero attached hydrogens (tertiary/aromatic N) is 4. The van der Waals surface area contributed by atoms with Crippen LogP contribution in [-0.2, 0) is 29.0 Å². The minimum atomic E-state index is -4.00. The van der Waals surface area contributed by atoms with Gasteiger partial charge in [0.2, 0.25) is 0 Å². The molecule has 0 amide bonds. The number of sulfonamides is 1. The largest absolute Gasteiger partial charge is 0.314 e. The van der Waals surface area contributed by atoms with Crippen molar-refractivity contribution in [2.45, 2.75) is 37.6 Å². The lowest BCUT2D eigenvalue weighted by Crippen LogP contribution is -2.43. The number of hydrogen-bond donors (Lipinski definition) is 2. The molecular weight excluding hydrogens is 491 g/mol. The van der Waals surface area contributed by atoms with E-state index in [4.69, 9.17) is 11.6 Å². The lowest BCUT2D eigenvalue weighted by Gasteiger charge is -2.26. The Morgan fingerprint density at radius 3 is 2.40 bits per heavy atom. The molecule has 1 aliphatic rings. The summed E-state index contributed by atoms with van der Waals surface area (Å²) in [5.74, 6) is 0.367. The Morgan fingerprint density at radius 2 is 1.77 bits per heavy atom. The smallest absolute Gasteiger partial charge is 0.261 e. The maximum absolute atomic E-state index is 14.4. The third kappa shape index (κ3) is 5.66. The van der Waals surface area contributed by atoms with Crippen molar-refractivity contribution in [2.75, 3.05) is 30.9 Å². The summed E-state index contributed by atoms with van der Waals surface area (Å²) >= 11 is 6.07. The summed E-state index contributed by atoms with van der Waals surface area (Å²) in [7, 11) is -2.20. The van der Waals surface area contributed by atoms with E-state index in [1.54, 1.807) is 35.9 Å². The van der Waals surface area contributed by atoms with Crippen molar-refractivity contribution >= 4 is 27.3 Å². The predicted molar refractivity (Wildman–Crippen MR) is 136 cm³/mol. The van der Waals surface area contributed by atoms with Crippen molar-refractivity contribution in [3.63, 3.8) is 0 Å². The highest BCUT2D eigenvalue weighted by molar-refractivity contribution is 7.92. The summed E-state index contributed by atoms with van der Waals surface area (Å²) in [6, 6.07) is 9.09. The van der Waals surface area contributed by atoms with Crippen LogP contribution in [0.1, 0.15) is 32.2 Å². The number of aromatic nitrogens is 3. The Hall–Kier alpha value is -2.53. The minimum absolute atomic E-state index is 0.0380. The standard InChI is InChI=1S/C24H30ClFN6O2S/c1-24(2,3)16-5-7-17(8-6-16)35(33,34)30-21-14-20(26)19(25)13-18(21)23-29-28-22(31(23)4)15-32-11-9-27-10-12-32/h5-8,13-14,27,30H,9-12,15H2,1-4H3. The van der Waals surface area contributed by atoms with Crippen molar-refractivity contribution in [1.82, 2.24) is 25.0 Å². The van der Waals surface area contributed by atoms with Crippen LogP contribution in [0, 0.1) is 5.82 Å². The first-order valence-electron chi connectivity index (χ1n) is 11.4. The molecule has 4 rings (SSSR count). The van der Waals surface area contributed by atoms with Gasteiger partial charge in [0.15, 0.2) is 5.82 Å². The fraction of sp³-hybridized carbons (Fsp3) is 0.417. The number of anilines is 1. The highest BCUT2D eigenvalue weighted by atomic mass is 35.5. The van der Waals surface area contributed by atoms with E-state index in [1.807, 2.05) is 0 Å². The summed E-state index contributed by atoms with van der Waals surface area (Å²) < 4.78 is 45.1. The second-order valence-electron chi connectivity index (χ2n) is 9.72. The van der Waals surface area contributed by atoms with Crippen molar-refractivity contribution in [2.24, 2.45) is 7.05 Å². The molecule has 0 aliphatic carbocycles. The second-order valence-corrected chi connectivity index (χ2v) is 11.8. The molecule has 3 aromatic rings. The maximum atomic E-state index is 14.4. The summed E-state index contributed by atoms with van der Waals surface area (Å²) in [4.78, 5) is 2.33. The number of piperazine rings is 1. The van der Waals surface area contributed by atoms with Crippen LogP contribution in [0.5, 0.6) is 0 Å². The van der Waals surface area contributed by atoms with Gasteiger partial charge in [0, 0.05) is 44.9 Å². The number of nitrogens with one attached hydrogen (secondary N) is 2. The fourth-order valence-corrected chi connectivity index (χ4v) is 5.19. The molecule has 1 aromatic heterocycles. The first-order chi connectivity index (χ1) is 16.5. The average Bonchev–Trinajstić information content (AvgIpc) is 3.16. The number of hydrogen-bond acceptors (Lipinski definition) is 6. The quantitative estimate of drug-likeness (QED) is 0.514. The van der Waals surface area contributed by atoms with Crippen molar-refractivity contribution < 1.29 is 12.8 Å². The van der Waals surface area contributed by atoms with Crippen LogP contribution in [0.2, 0.25) is 5.02 Å². The zero-order chi connectivity index (χ0) is 25.4. The van der Waals surface area contributed by atoms with Gasteiger partial charge >= 0.3 is 0 Å². The van der Waals surface area contributed by atoms with Gasteiger partial charge in [0.1, 0.15) is 11.6 Å². The molecule has 188 valence electrons. The van der Waals surface area contributed by atoms with E-state index >= 15 is 0 Å². The van der Waals surface area contributed by atoms with Crippen molar-refractivity contribution in [3.8, 4) is 11.4 Å².